The van der Waals surface area contributed by atoms with Gasteiger partial charge in [-0.3, -0.25) is 9.79 Å². The van der Waals surface area contributed by atoms with Crippen molar-refractivity contribution < 1.29 is 4.79 Å². The lowest BCUT2D eigenvalue weighted by Crippen LogP contribution is -2.41. The molecule has 0 radical (unpaired) electrons. The van der Waals surface area contributed by atoms with Crippen molar-refractivity contribution in [1.82, 2.24) is 15.1 Å². The molecule has 1 amide bonds. The molecule has 1 aromatic carbocycles. The molecule has 3 N–H and O–H groups in total. The van der Waals surface area contributed by atoms with Crippen molar-refractivity contribution in [2.45, 2.75) is 32.7 Å². The van der Waals surface area contributed by atoms with Crippen LogP contribution in [0.4, 0.5) is 0 Å². The van der Waals surface area contributed by atoms with Crippen molar-refractivity contribution in [1.29, 1.82) is 0 Å². The Balaban J connectivity index is 0.00000364. The Hall–Kier alpha value is -1.35. The summed E-state index contributed by atoms with van der Waals surface area (Å²) >= 11 is 0. The van der Waals surface area contributed by atoms with Crippen molar-refractivity contribution in [3.63, 3.8) is 0 Å². The number of hydrogen-bond acceptors (Lipinski definition) is 3. The Morgan fingerprint density at radius 3 is 2.78 bits per heavy atom. The SMILES string of the molecule is CCNC(=NCCCN1CCCC(C(N)=O)C1)N(C)Cc1ccccc1.I. The third kappa shape index (κ3) is 8.47. The van der Waals surface area contributed by atoms with Gasteiger partial charge in [-0.05, 0) is 44.8 Å². The summed E-state index contributed by atoms with van der Waals surface area (Å²) in [5.41, 5.74) is 6.72. The fourth-order valence-electron chi connectivity index (χ4n) is 3.37. The molecular formula is C20H34IN5O. The lowest BCUT2D eigenvalue weighted by molar-refractivity contribution is -0.123. The molecule has 0 aliphatic carbocycles. The second kappa shape index (κ2) is 12.9. The number of carbonyl (C=O) groups excluding carboxylic acids is 1. The summed E-state index contributed by atoms with van der Waals surface area (Å²) in [6, 6.07) is 10.4. The number of amides is 1. The lowest BCUT2D eigenvalue weighted by atomic mass is 9.97. The maximum Gasteiger partial charge on any atom is 0.221 e. The average Bonchev–Trinajstić information content (AvgIpc) is 2.65. The molecule has 1 saturated heterocycles. The molecule has 27 heavy (non-hydrogen) atoms. The van der Waals surface area contributed by atoms with Crippen molar-refractivity contribution in [3.8, 4) is 0 Å². The van der Waals surface area contributed by atoms with E-state index < -0.39 is 0 Å². The zero-order valence-electron chi connectivity index (χ0n) is 16.6. The first-order chi connectivity index (χ1) is 12.6. The van der Waals surface area contributed by atoms with Gasteiger partial charge in [-0.2, -0.15) is 0 Å². The number of halogens is 1. The predicted octanol–water partition coefficient (Wildman–Crippen LogP) is 2.29. The number of nitrogens with one attached hydrogen (secondary N) is 1. The number of hydrogen-bond donors (Lipinski definition) is 2. The van der Waals surface area contributed by atoms with Gasteiger partial charge < -0.3 is 20.9 Å². The monoisotopic (exact) mass is 487 g/mol. The molecule has 0 spiro atoms. The quantitative estimate of drug-likeness (QED) is 0.256. The molecule has 6 nitrogen and oxygen atoms in total. The zero-order chi connectivity index (χ0) is 18.8. The van der Waals surface area contributed by atoms with Gasteiger partial charge in [0.25, 0.3) is 0 Å². The highest BCUT2D eigenvalue weighted by atomic mass is 127. The molecule has 0 bridgehead atoms. The fraction of sp³-hybridized carbons (Fsp3) is 0.600. The van der Waals surface area contributed by atoms with Crippen LogP contribution in [0.1, 0.15) is 31.7 Å². The van der Waals surface area contributed by atoms with Gasteiger partial charge in [-0.1, -0.05) is 30.3 Å². The Morgan fingerprint density at radius 2 is 2.11 bits per heavy atom. The average molecular weight is 487 g/mol. The Bertz CT molecular complexity index is 581. The summed E-state index contributed by atoms with van der Waals surface area (Å²) < 4.78 is 0. The van der Waals surface area contributed by atoms with E-state index >= 15 is 0 Å². The van der Waals surface area contributed by atoms with Crippen molar-refractivity contribution >= 4 is 35.8 Å². The van der Waals surface area contributed by atoms with Gasteiger partial charge in [0.15, 0.2) is 5.96 Å². The minimum atomic E-state index is -0.162. The molecule has 0 saturated carbocycles. The molecule has 152 valence electrons. The van der Waals surface area contributed by atoms with Crippen molar-refractivity contribution in [2.75, 3.05) is 39.8 Å². The fourth-order valence-corrected chi connectivity index (χ4v) is 3.37. The van der Waals surface area contributed by atoms with Crippen LogP contribution >= 0.6 is 24.0 Å². The highest BCUT2D eigenvalue weighted by Crippen LogP contribution is 2.16. The summed E-state index contributed by atoms with van der Waals surface area (Å²) in [5.74, 6) is 0.788. The van der Waals surface area contributed by atoms with E-state index in [9.17, 15) is 4.79 Å². The Kier molecular flexibility index (Phi) is 11.3. The first-order valence-electron chi connectivity index (χ1n) is 9.65. The van der Waals surface area contributed by atoms with Gasteiger partial charge in [-0.25, -0.2) is 0 Å². The zero-order valence-corrected chi connectivity index (χ0v) is 18.9. The van der Waals surface area contributed by atoms with Gasteiger partial charge in [0, 0.05) is 33.2 Å². The van der Waals surface area contributed by atoms with E-state index in [0.29, 0.717) is 0 Å². The molecular weight excluding hydrogens is 453 g/mol. The predicted molar refractivity (Wildman–Crippen MR) is 122 cm³/mol. The molecule has 1 unspecified atom stereocenters. The number of benzene rings is 1. The number of rotatable bonds is 8. The normalized spacial score (nSPS) is 17.9. The molecule has 2 rings (SSSR count). The van der Waals surface area contributed by atoms with E-state index in [1.54, 1.807) is 0 Å². The smallest absolute Gasteiger partial charge is 0.221 e. The largest absolute Gasteiger partial charge is 0.369 e. The molecule has 1 aromatic rings. The molecule has 1 aliphatic heterocycles. The third-order valence-corrected chi connectivity index (χ3v) is 4.76. The summed E-state index contributed by atoms with van der Waals surface area (Å²) in [7, 11) is 2.07. The van der Waals surface area contributed by atoms with Crippen LogP contribution in [0.25, 0.3) is 0 Å². The van der Waals surface area contributed by atoms with Gasteiger partial charge in [0.2, 0.25) is 5.91 Å². The summed E-state index contributed by atoms with van der Waals surface area (Å²) in [6.07, 6.45) is 2.97. The number of piperidine rings is 1. The van der Waals surface area contributed by atoms with Gasteiger partial charge in [0.1, 0.15) is 0 Å². The van der Waals surface area contributed by atoms with Crippen LogP contribution in [-0.2, 0) is 11.3 Å². The van der Waals surface area contributed by atoms with Crippen LogP contribution in [0.3, 0.4) is 0 Å². The second-order valence-corrected chi connectivity index (χ2v) is 6.97. The Morgan fingerprint density at radius 1 is 1.37 bits per heavy atom. The van der Waals surface area contributed by atoms with Crippen molar-refractivity contribution in [3.05, 3.63) is 35.9 Å². The minimum absolute atomic E-state index is 0. The molecule has 1 atom stereocenters. The highest BCUT2D eigenvalue weighted by molar-refractivity contribution is 14.0. The van der Waals surface area contributed by atoms with E-state index in [-0.39, 0.29) is 35.8 Å². The van der Waals surface area contributed by atoms with Gasteiger partial charge >= 0.3 is 0 Å². The third-order valence-electron chi connectivity index (χ3n) is 4.76. The molecule has 1 fully saturated rings. The van der Waals surface area contributed by atoms with Crippen molar-refractivity contribution in [2.24, 2.45) is 16.6 Å². The number of guanidine groups is 1. The standard InChI is InChI=1S/C20H33N5O.HI/c1-3-22-20(24(2)15-17-9-5-4-6-10-17)23-12-8-14-25-13-7-11-18(16-25)19(21)26;/h4-6,9-10,18H,3,7-8,11-16H2,1-2H3,(H2,21,26)(H,22,23);1H. The highest BCUT2D eigenvalue weighted by Gasteiger charge is 2.23. The van der Waals surface area contributed by atoms with Gasteiger partial charge in [-0.15, -0.1) is 24.0 Å². The lowest BCUT2D eigenvalue weighted by Gasteiger charge is -2.30. The second-order valence-electron chi connectivity index (χ2n) is 6.97. The van der Waals surface area contributed by atoms with Crippen LogP contribution in [-0.4, -0.2) is 61.4 Å². The van der Waals surface area contributed by atoms with Crippen LogP contribution in [0.5, 0.6) is 0 Å². The van der Waals surface area contributed by atoms with Crippen LogP contribution < -0.4 is 11.1 Å². The number of aliphatic imine (C=N–C) groups is 1. The topological polar surface area (TPSA) is 74.0 Å². The minimum Gasteiger partial charge on any atom is -0.369 e. The maximum absolute atomic E-state index is 11.4. The summed E-state index contributed by atoms with van der Waals surface area (Å²) in [6.45, 7) is 7.37. The van der Waals surface area contributed by atoms with Crippen LogP contribution in [0.15, 0.2) is 35.3 Å². The van der Waals surface area contributed by atoms with E-state index in [4.69, 9.17) is 10.7 Å². The molecule has 7 heteroatoms. The van der Waals surface area contributed by atoms with E-state index in [1.165, 1.54) is 5.56 Å². The summed E-state index contributed by atoms with van der Waals surface area (Å²) in [5, 5.41) is 3.36. The number of nitrogens with two attached hydrogens (primary N) is 1. The maximum atomic E-state index is 11.4. The number of likely N-dealkylation sites (tertiary alicyclic amines) is 1. The molecule has 1 heterocycles. The van der Waals surface area contributed by atoms with E-state index in [1.807, 2.05) is 6.07 Å². The number of carbonyl (C=O) groups is 1. The van der Waals surface area contributed by atoms with Gasteiger partial charge in [0.05, 0.1) is 5.92 Å². The Labute approximate surface area is 180 Å². The first-order valence-corrected chi connectivity index (χ1v) is 9.65. The molecule has 1 aliphatic rings. The number of nitrogens with zero attached hydrogens (tertiary/aromatic N) is 3. The van der Waals surface area contributed by atoms with E-state index in [0.717, 1.165) is 64.5 Å². The van der Waals surface area contributed by atoms with Crippen LogP contribution in [0.2, 0.25) is 0 Å². The van der Waals surface area contributed by atoms with Crippen LogP contribution in [0, 0.1) is 5.92 Å². The molecule has 0 aromatic heterocycles. The number of primary amides is 1. The first kappa shape index (κ1) is 23.7. The summed E-state index contributed by atoms with van der Waals surface area (Å²) in [4.78, 5) is 20.6. The van der Waals surface area contributed by atoms with E-state index in [2.05, 4.69) is 53.4 Å².